The lowest BCUT2D eigenvalue weighted by Gasteiger charge is -2.18. The smallest absolute Gasteiger partial charge is 0.341 e. The molecule has 0 spiro atoms. The van der Waals surface area contributed by atoms with Crippen LogP contribution < -0.4 is 0 Å². The van der Waals surface area contributed by atoms with Crippen LogP contribution in [0.25, 0.3) is 0 Å². The molecule has 1 rings (SSSR count). The molecule has 23 heavy (non-hydrogen) atoms. The summed E-state index contributed by atoms with van der Waals surface area (Å²) >= 11 is 0. The highest BCUT2D eigenvalue weighted by atomic mass is 16.6. The number of hydrogen-bond acceptors (Lipinski definition) is 3. The van der Waals surface area contributed by atoms with Crippen molar-refractivity contribution in [3.8, 4) is 11.8 Å². The number of esters is 1. The lowest BCUT2D eigenvalue weighted by atomic mass is 10.1. The van der Waals surface area contributed by atoms with Gasteiger partial charge in [0.2, 0.25) is 0 Å². The highest BCUT2D eigenvalue weighted by Gasteiger charge is 2.24. The van der Waals surface area contributed by atoms with Crippen LogP contribution in [0.4, 0.5) is 0 Å². The van der Waals surface area contributed by atoms with Crippen LogP contribution in [0.5, 0.6) is 0 Å². The maximum atomic E-state index is 12.4. The van der Waals surface area contributed by atoms with E-state index in [1.807, 2.05) is 30.3 Å². The third-order valence-corrected chi connectivity index (χ3v) is 3.69. The van der Waals surface area contributed by atoms with Gasteiger partial charge >= 0.3 is 5.97 Å². The van der Waals surface area contributed by atoms with Gasteiger partial charge in [-0.1, -0.05) is 68.9 Å². The third kappa shape index (κ3) is 7.34. The summed E-state index contributed by atoms with van der Waals surface area (Å²) in [5.74, 6) is 5.47. The highest BCUT2D eigenvalue weighted by molar-refractivity contribution is 5.77. The van der Waals surface area contributed by atoms with Crippen LogP contribution in [0, 0.1) is 11.8 Å². The zero-order chi connectivity index (χ0) is 16.9. The molecule has 0 N–H and O–H groups in total. The van der Waals surface area contributed by atoms with Crippen LogP contribution >= 0.6 is 0 Å². The molecular weight excluding hydrogens is 288 g/mol. The van der Waals surface area contributed by atoms with Crippen LogP contribution in [0.3, 0.4) is 0 Å². The van der Waals surface area contributed by atoms with Gasteiger partial charge in [0.25, 0.3) is 0 Å². The minimum absolute atomic E-state index is 0.351. The number of ether oxygens (including phenoxy) is 2. The molecule has 3 nitrogen and oxygen atoms in total. The molecule has 1 aromatic rings. The number of benzene rings is 1. The molecule has 0 heterocycles. The second kappa shape index (κ2) is 11.7. The molecule has 0 aliphatic rings. The number of unbranched alkanes of at least 4 members (excludes halogenated alkanes) is 4. The standard InChI is InChI=1S/C20H28O3/c1-4-6-7-8-12-16-18(13-5-2)23-20(21)19(22-3)17-14-10-9-11-15-17/h9-11,14-15,18-19H,4,6-8,12,16H2,1-3H3/t18-,19-/m0/s1. The molecule has 0 fully saturated rings. The van der Waals surface area contributed by atoms with Gasteiger partial charge in [-0.3, -0.25) is 0 Å². The molecule has 0 bridgehead atoms. The van der Waals surface area contributed by atoms with Crippen LogP contribution in [0.2, 0.25) is 0 Å². The van der Waals surface area contributed by atoms with Crippen molar-refractivity contribution in [1.29, 1.82) is 0 Å². The summed E-state index contributed by atoms with van der Waals surface area (Å²) in [7, 11) is 1.52. The van der Waals surface area contributed by atoms with E-state index in [9.17, 15) is 4.79 Å². The van der Waals surface area contributed by atoms with E-state index in [1.165, 1.54) is 26.4 Å². The largest absolute Gasteiger partial charge is 0.447 e. The number of carbonyl (C=O) groups excluding carboxylic acids is 1. The Balaban J connectivity index is 2.56. The van der Waals surface area contributed by atoms with Crippen molar-refractivity contribution in [2.24, 2.45) is 0 Å². The third-order valence-electron chi connectivity index (χ3n) is 3.69. The van der Waals surface area contributed by atoms with E-state index in [0.717, 1.165) is 24.8 Å². The molecule has 0 saturated heterocycles. The second-order valence-corrected chi connectivity index (χ2v) is 5.55. The van der Waals surface area contributed by atoms with Crippen molar-refractivity contribution in [3.63, 3.8) is 0 Å². The van der Waals surface area contributed by atoms with E-state index >= 15 is 0 Å². The first kappa shape index (κ1) is 19.3. The first-order valence-electron chi connectivity index (χ1n) is 8.43. The summed E-state index contributed by atoms with van der Waals surface area (Å²) in [6.07, 6.45) is 5.61. The van der Waals surface area contributed by atoms with Crippen molar-refractivity contribution in [2.75, 3.05) is 7.11 Å². The van der Waals surface area contributed by atoms with E-state index in [4.69, 9.17) is 9.47 Å². The fourth-order valence-corrected chi connectivity index (χ4v) is 2.45. The molecule has 0 amide bonds. The van der Waals surface area contributed by atoms with Gasteiger partial charge in [0.15, 0.2) is 12.2 Å². The van der Waals surface area contributed by atoms with Gasteiger partial charge in [0.1, 0.15) is 0 Å². The van der Waals surface area contributed by atoms with E-state index in [2.05, 4.69) is 18.8 Å². The zero-order valence-electron chi connectivity index (χ0n) is 14.5. The maximum absolute atomic E-state index is 12.4. The van der Waals surface area contributed by atoms with E-state index in [0.29, 0.717) is 0 Å². The monoisotopic (exact) mass is 316 g/mol. The fraction of sp³-hybridized carbons (Fsp3) is 0.550. The van der Waals surface area contributed by atoms with Crippen LogP contribution in [0.1, 0.15) is 64.0 Å². The van der Waals surface area contributed by atoms with Crippen molar-refractivity contribution in [1.82, 2.24) is 0 Å². The van der Waals surface area contributed by atoms with Gasteiger partial charge in [-0.05, 0) is 25.3 Å². The Hall–Kier alpha value is -1.79. The molecule has 1 aromatic carbocycles. The minimum Gasteiger partial charge on any atom is -0.447 e. The fourth-order valence-electron chi connectivity index (χ4n) is 2.45. The Morgan fingerprint density at radius 2 is 1.83 bits per heavy atom. The van der Waals surface area contributed by atoms with Gasteiger partial charge in [-0.25, -0.2) is 4.79 Å². The molecule has 0 aromatic heterocycles. The molecule has 2 atom stereocenters. The van der Waals surface area contributed by atoms with Crippen molar-refractivity contribution in [3.05, 3.63) is 35.9 Å². The molecule has 3 heteroatoms. The number of rotatable bonds is 10. The molecule has 126 valence electrons. The first-order chi connectivity index (χ1) is 11.2. The van der Waals surface area contributed by atoms with Crippen molar-refractivity contribution < 1.29 is 14.3 Å². The maximum Gasteiger partial charge on any atom is 0.341 e. The number of carbonyl (C=O) groups is 1. The minimum atomic E-state index is -0.697. The highest BCUT2D eigenvalue weighted by Crippen LogP contribution is 2.20. The molecule has 0 aliphatic carbocycles. The Labute approximate surface area is 140 Å². The van der Waals surface area contributed by atoms with Crippen molar-refractivity contribution in [2.45, 2.75) is 64.6 Å². The normalized spacial score (nSPS) is 12.8. The van der Waals surface area contributed by atoms with Gasteiger partial charge < -0.3 is 9.47 Å². The molecule has 0 saturated carbocycles. The Kier molecular flexibility index (Phi) is 9.83. The Bertz CT molecular complexity index is 499. The van der Waals surface area contributed by atoms with E-state index < -0.39 is 6.10 Å². The zero-order valence-corrected chi connectivity index (χ0v) is 14.5. The van der Waals surface area contributed by atoms with Crippen LogP contribution in [0.15, 0.2) is 30.3 Å². The molecule has 0 radical (unpaired) electrons. The summed E-state index contributed by atoms with van der Waals surface area (Å²) in [4.78, 5) is 12.4. The van der Waals surface area contributed by atoms with Gasteiger partial charge in [0.05, 0.1) is 0 Å². The molecule has 0 aliphatic heterocycles. The predicted octanol–water partition coefficient (Wildman–Crippen LogP) is 4.67. The predicted molar refractivity (Wildman–Crippen MR) is 92.9 cm³/mol. The number of hydrogen-bond donors (Lipinski definition) is 0. The Morgan fingerprint density at radius 1 is 1.13 bits per heavy atom. The molecular formula is C20H28O3. The van der Waals surface area contributed by atoms with Crippen LogP contribution in [-0.4, -0.2) is 19.2 Å². The van der Waals surface area contributed by atoms with E-state index in [-0.39, 0.29) is 12.1 Å². The lowest BCUT2D eigenvalue weighted by molar-refractivity contribution is -0.159. The van der Waals surface area contributed by atoms with Crippen molar-refractivity contribution >= 4 is 5.97 Å². The first-order valence-corrected chi connectivity index (χ1v) is 8.43. The Morgan fingerprint density at radius 3 is 2.43 bits per heavy atom. The quantitative estimate of drug-likeness (QED) is 0.357. The lowest BCUT2D eigenvalue weighted by Crippen LogP contribution is -2.23. The summed E-state index contributed by atoms with van der Waals surface area (Å²) in [6.45, 7) is 3.96. The van der Waals surface area contributed by atoms with Gasteiger partial charge in [-0.15, -0.1) is 5.92 Å². The average Bonchev–Trinajstić information content (AvgIpc) is 2.56. The number of methoxy groups -OCH3 is 1. The summed E-state index contributed by atoms with van der Waals surface area (Å²) in [6, 6.07) is 9.39. The topological polar surface area (TPSA) is 35.5 Å². The van der Waals surface area contributed by atoms with Crippen LogP contribution in [-0.2, 0) is 14.3 Å². The second-order valence-electron chi connectivity index (χ2n) is 5.55. The SMILES string of the molecule is CC#C[C@@H](CCCCCCC)OC(=O)[C@@H](OC)c1ccccc1. The summed E-state index contributed by atoms with van der Waals surface area (Å²) in [5.41, 5.74) is 0.797. The van der Waals surface area contributed by atoms with Gasteiger partial charge in [-0.2, -0.15) is 0 Å². The van der Waals surface area contributed by atoms with Gasteiger partial charge in [0, 0.05) is 7.11 Å². The average molecular weight is 316 g/mol. The summed E-state index contributed by atoms with van der Waals surface area (Å²) in [5, 5.41) is 0. The molecule has 0 unspecified atom stereocenters. The summed E-state index contributed by atoms with van der Waals surface area (Å²) < 4.78 is 10.9. The van der Waals surface area contributed by atoms with E-state index in [1.54, 1.807) is 6.92 Å².